The van der Waals surface area contributed by atoms with Crippen LogP contribution in [0.1, 0.15) is 0 Å². The number of pyridine rings is 1. The van der Waals surface area contributed by atoms with Crippen LogP contribution in [0.2, 0.25) is 0 Å². The molecule has 0 unspecified atom stereocenters. The predicted molar refractivity (Wildman–Crippen MR) is 58.4 cm³/mol. The molecule has 1 aromatic rings. The van der Waals surface area contributed by atoms with Crippen molar-refractivity contribution in [2.24, 2.45) is 0 Å². The van der Waals surface area contributed by atoms with E-state index in [9.17, 15) is 26.4 Å². The molecule has 10 heteroatoms. The maximum atomic E-state index is 11.8. The number of nitrogens with zero attached hydrogens (tertiary/aromatic N) is 1. The smallest absolute Gasteiger partial charge is 0.422 e. The Morgan fingerprint density at radius 2 is 2.05 bits per heavy atom. The van der Waals surface area contributed by atoms with Crippen LogP contribution in [0.4, 0.5) is 23.7 Å². The van der Waals surface area contributed by atoms with Gasteiger partial charge < -0.3 is 4.74 Å². The van der Waals surface area contributed by atoms with Gasteiger partial charge in [0, 0.05) is 6.26 Å². The lowest BCUT2D eigenvalue weighted by molar-refractivity contribution is -0.159. The Balaban J connectivity index is 2.61. The number of hydrogen-bond donors (Lipinski definition) is 1. The maximum Gasteiger partial charge on any atom is 0.422 e. The average molecular weight is 298 g/mol. The number of aromatic nitrogens is 1. The summed E-state index contributed by atoms with van der Waals surface area (Å²) in [6.45, 7) is -1.71. The standard InChI is InChI=1S/C9H9F3N2O4S/c1-19(16,17)7-3-2-6(4-13-7)14-8(15)18-5-9(10,11)12/h2-4H,5H2,1H3,(H,14,15). The van der Waals surface area contributed by atoms with Crippen LogP contribution in [-0.2, 0) is 14.6 Å². The van der Waals surface area contributed by atoms with Crippen molar-refractivity contribution in [3.8, 4) is 0 Å². The third-order valence-electron chi connectivity index (χ3n) is 1.73. The van der Waals surface area contributed by atoms with Gasteiger partial charge in [-0.25, -0.2) is 18.2 Å². The van der Waals surface area contributed by atoms with Crippen LogP contribution in [0.5, 0.6) is 0 Å². The molecule has 0 atom stereocenters. The molecule has 1 rings (SSSR count). The van der Waals surface area contributed by atoms with Crippen molar-refractivity contribution in [3.63, 3.8) is 0 Å². The summed E-state index contributed by atoms with van der Waals surface area (Å²) in [5.41, 5.74) is 0.0135. The molecule has 0 aliphatic rings. The summed E-state index contributed by atoms with van der Waals surface area (Å²) < 4.78 is 61.3. The molecule has 0 saturated carbocycles. The lowest BCUT2D eigenvalue weighted by atomic mass is 10.4. The van der Waals surface area contributed by atoms with Crippen molar-refractivity contribution in [2.75, 3.05) is 18.2 Å². The van der Waals surface area contributed by atoms with Crippen LogP contribution < -0.4 is 5.32 Å². The highest BCUT2D eigenvalue weighted by atomic mass is 32.2. The van der Waals surface area contributed by atoms with Gasteiger partial charge in [0.1, 0.15) is 0 Å². The molecule has 0 radical (unpaired) electrons. The van der Waals surface area contributed by atoms with Crippen molar-refractivity contribution in [3.05, 3.63) is 18.3 Å². The van der Waals surface area contributed by atoms with Gasteiger partial charge in [-0.1, -0.05) is 0 Å². The van der Waals surface area contributed by atoms with Gasteiger partial charge in [0.05, 0.1) is 11.9 Å². The molecular formula is C9H9F3N2O4S. The van der Waals surface area contributed by atoms with E-state index in [4.69, 9.17) is 0 Å². The summed E-state index contributed by atoms with van der Waals surface area (Å²) in [4.78, 5) is 14.5. The predicted octanol–water partition coefficient (Wildman–Crippen LogP) is 1.60. The van der Waals surface area contributed by atoms with E-state index in [0.29, 0.717) is 0 Å². The molecule has 0 bridgehead atoms. The first kappa shape index (κ1) is 15.2. The minimum Gasteiger partial charge on any atom is -0.440 e. The van der Waals surface area contributed by atoms with Crippen molar-refractivity contribution < 1.29 is 31.1 Å². The zero-order valence-electron chi connectivity index (χ0n) is 9.56. The van der Waals surface area contributed by atoms with E-state index < -0.39 is 28.7 Å². The summed E-state index contributed by atoms with van der Waals surface area (Å²) in [5, 5.41) is 1.75. The van der Waals surface area contributed by atoms with Gasteiger partial charge >= 0.3 is 12.3 Å². The number of hydrogen-bond acceptors (Lipinski definition) is 5. The molecule has 106 valence electrons. The average Bonchev–Trinajstić information content (AvgIpc) is 2.25. The Morgan fingerprint density at radius 3 is 2.47 bits per heavy atom. The first-order chi connectivity index (χ1) is 8.58. The largest absolute Gasteiger partial charge is 0.440 e. The second kappa shape index (κ2) is 5.43. The zero-order chi connectivity index (χ0) is 14.7. The fourth-order valence-electron chi connectivity index (χ4n) is 0.975. The molecule has 1 amide bonds. The number of rotatable bonds is 3. The summed E-state index contributed by atoms with van der Waals surface area (Å²) >= 11 is 0. The number of amides is 1. The Bertz CT molecular complexity index is 554. The number of halogens is 3. The molecular weight excluding hydrogens is 289 g/mol. The summed E-state index contributed by atoms with van der Waals surface area (Å²) in [6.07, 6.45) is -3.99. The lowest BCUT2D eigenvalue weighted by Gasteiger charge is -2.09. The van der Waals surface area contributed by atoms with E-state index in [1.807, 2.05) is 5.32 Å². The first-order valence-electron chi connectivity index (χ1n) is 4.74. The third-order valence-corrected chi connectivity index (χ3v) is 2.73. The van der Waals surface area contributed by atoms with Crippen LogP contribution in [-0.4, -0.2) is 38.5 Å². The number of sulfone groups is 1. The molecule has 0 aliphatic heterocycles. The number of carbonyl (C=O) groups excluding carboxylic acids is 1. The van der Waals surface area contributed by atoms with Crippen LogP contribution in [0.3, 0.4) is 0 Å². The fourth-order valence-corrected chi connectivity index (χ4v) is 1.53. The van der Waals surface area contributed by atoms with Gasteiger partial charge in [-0.15, -0.1) is 0 Å². The van der Waals surface area contributed by atoms with Gasteiger partial charge in [-0.2, -0.15) is 13.2 Å². The molecule has 0 aliphatic carbocycles. The van der Waals surface area contributed by atoms with Crippen LogP contribution in [0, 0.1) is 0 Å². The van der Waals surface area contributed by atoms with E-state index in [0.717, 1.165) is 18.5 Å². The molecule has 1 N–H and O–H groups in total. The minimum absolute atomic E-state index is 0.0135. The van der Waals surface area contributed by atoms with E-state index in [1.54, 1.807) is 0 Å². The Labute approximate surface area is 106 Å². The van der Waals surface area contributed by atoms with Gasteiger partial charge in [0.25, 0.3) is 0 Å². The van der Waals surface area contributed by atoms with Gasteiger partial charge in [-0.05, 0) is 12.1 Å². The number of anilines is 1. The van der Waals surface area contributed by atoms with E-state index >= 15 is 0 Å². The maximum absolute atomic E-state index is 11.8. The molecule has 0 aromatic carbocycles. The van der Waals surface area contributed by atoms with E-state index in [1.165, 1.54) is 6.07 Å². The number of nitrogens with one attached hydrogen (secondary N) is 1. The molecule has 0 spiro atoms. The highest BCUT2D eigenvalue weighted by Crippen LogP contribution is 2.15. The third kappa shape index (κ3) is 5.55. The topological polar surface area (TPSA) is 85.4 Å². The molecule has 6 nitrogen and oxygen atoms in total. The highest BCUT2D eigenvalue weighted by Gasteiger charge is 2.29. The second-order valence-corrected chi connectivity index (χ2v) is 5.44. The fraction of sp³-hybridized carbons (Fsp3) is 0.333. The molecule has 1 heterocycles. The molecule has 0 saturated heterocycles. The summed E-state index contributed by atoms with van der Waals surface area (Å²) in [7, 11) is -3.48. The highest BCUT2D eigenvalue weighted by molar-refractivity contribution is 7.90. The number of carbonyl (C=O) groups is 1. The molecule has 19 heavy (non-hydrogen) atoms. The SMILES string of the molecule is CS(=O)(=O)c1ccc(NC(=O)OCC(F)(F)F)cn1. The quantitative estimate of drug-likeness (QED) is 0.916. The van der Waals surface area contributed by atoms with Crippen molar-refractivity contribution in [2.45, 2.75) is 11.2 Å². The number of alkyl halides is 3. The van der Waals surface area contributed by atoms with Crippen LogP contribution >= 0.6 is 0 Å². The molecule has 1 aromatic heterocycles. The zero-order valence-corrected chi connectivity index (χ0v) is 10.4. The van der Waals surface area contributed by atoms with Gasteiger partial charge in [0.15, 0.2) is 21.5 Å². The number of ether oxygens (including phenoxy) is 1. The van der Waals surface area contributed by atoms with E-state index in [-0.39, 0.29) is 10.7 Å². The van der Waals surface area contributed by atoms with Crippen molar-refractivity contribution in [1.82, 2.24) is 4.98 Å². The van der Waals surface area contributed by atoms with Crippen LogP contribution in [0.25, 0.3) is 0 Å². The minimum atomic E-state index is -4.62. The second-order valence-electron chi connectivity index (χ2n) is 3.47. The first-order valence-corrected chi connectivity index (χ1v) is 6.64. The van der Waals surface area contributed by atoms with Crippen molar-refractivity contribution >= 4 is 21.6 Å². The van der Waals surface area contributed by atoms with Crippen molar-refractivity contribution in [1.29, 1.82) is 0 Å². The van der Waals surface area contributed by atoms with Crippen LogP contribution in [0.15, 0.2) is 23.4 Å². The summed E-state index contributed by atoms with van der Waals surface area (Å²) in [6, 6.07) is 2.28. The lowest BCUT2D eigenvalue weighted by Crippen LogP contribution is -2.23. The summed E-state index contributed by atoms with van der Waals surface area (Å²) in [5.74, 6) is 0. The normalized spacial score (nSPS) is 12.0. The van der Waals surface area contributed by atoms with Gasteiger partial charge in [0.2, 0.25) is 0 Å². The Morgan fingerprint density at radius 1 is 1.42 bits per heavy atom. The Hall–Kier alpha value is -1.84. The monoisotopic (exact) mass is 298 g/mol. The van der Waals surface area contributed by atoms with Gasteiger partial charge in [-0.3, -0.25) is 5.32 Å². The Kier molecular flexibility index (Phi) is 4.35. The van der Waals surface area contributed by atoms with E-state index in [2.05, 4.69) is 9.72 Å². The molecule has 0 fully saturated rings.